The van der Waals surface area contributed by atoms with Crippen molar-refractivity contribution < 1.29 is 0 Å². The van der Waals surface area contributed by atoms with E-state index in [1.54, 1.807) is 28.0 Å². The minimum Gasteiger partial charge on any atom is -0.340 e. The summed E-state index contributed by atoms with van der Waals surface area (Å²) in [6.45, 7) is 0. The summed E-state index contributed by atoms with van der Waals surface area (Å²) in [5.41, 5.74) is 17.9. The van der Waals surface area contributed by atoms with E-state index in [1.807, 2.05) is 0 Å². The molecule has 0 saturated carbocycles. The molecule has 250 valence electrons. The molecule has 10 rings (SSSR count). The number of allylic oxidation sites excluding steroid dienone is 15. The van der Waals surface area contributed by atoms with Crippen LogP contribution in [0.2, 0.25) is 0 Å². The molecule has 2 aliphatic heterocycles. The van der Waals surface area contributed by atoms with Crippen molar-refractivity contribution in [2.45, 2.75) is 95.1 Å². The van der Waals surface area contributed by atoms with E-state index in [0.29, 0.717) is 17.9 Å². The Kier molecular flexibility index (Phi) is 7.66. The first-order valence-corrected chi connectivity index (χ1v) is 19.6. The van der Waals surface area contributed by atoms with Crippen LogP contribution in [-0.4, -0.2) is 17.0 Å². The van der Waals surface area contributed by atoms with Crippen LogP contribution in [0.3, 0.4) is 0 Å². The lowest BCUT2D eigenvalue weighted by Gasteiger charge is -2.40. The van der Waals surface area contributed by atoms with Crippen molar-refractivity contribution in [2.24, 2.45) is 5.92 Å². The maximum atomic E-state index is 2.83. The maximum absolute atomic E-state index is 2.83. The van der Waals surface area contributed by atoms with Crippen LogP contribution in [0.25, 0.3) is 11.1 Å². The number of fused-ring (bicyclic) bond motifs is 6. The fourth-order valence-electron chi connectivity index (χ4n) is 10.5. The highest BCUT2D eigenvalue weighted by molar-refractivity contribution is 5.91. The highest BCUT2D eigenvalue weighted by Gasteiger charge is 2.48. The van der Waals surface area contributed by atoms with E-state index in [2.05, 4.69) is 131 Å². The van der Waals surface area contributed by atoms with E-state index in [1.165, 1.54) is 84.3 Å². The van der Waals surface area contributed by atoms with E-state index in [-0.39, 0.29) is 6.04 Å². The van der Waals surface area contributed by atoms with Gasteiger partial charge >= 0.3 is 0 Å². The summed E-state index contributed by atoms with van der Waals surface area (Å²) in [7, 11) is 0. The SMILES string of the molecule is C1=CCC(c2ccccc2C2=CCCCC2)C(N2C3=C(C=CCC3)C3C4=C(C=CC32)C2=C(C=CCC2)N(C2C=CCCC2)c2ccccc24)=C1. The number of benzene rings is 2. The van der Waals surface area contributed by atoms with E-state index in [9.17, 15) is 0 Å². The zero-order valence-corrected chi connectivity index (χ0v) is 29.2. The molecule has 0 saturated heterocycles. The summed E-state index contributed by atoms with van der Waals surface area (Å²) < 4.78 is 0. The molecular formula is C48H48N2. The number of hydrogen-bond donors (Lipinski definition) is 0. The highest BCUT2D eigenvalue weighted by Crippen LogP contribution is 2.57. The Labute approximate surface area is 298 Å². The smallest absolute Gasteiger partial charge is 0.0630 e. The van der Waals surface area contributed by atoms with Gasteiger partial charge in [-0.15, -0.1) is 0 Å². The van der Waals surface area contributed by atoms with Gasteiger partial charge in [-0.25, -0.2) is 0 Å². The number of para-hydroxylation sites is 1. The summed E-state index contributed by atoms with van der Waals surface area (Å²) in [5, 5.41) is 0. The normalized spacial score (nSPS) is 28.2. The molecule has 2 heterocycles. The third-order valence-corrected chi connectivity index (χ3v) is 12.6. The van der Waals surface area contributed by atoms with Crippen molar-refractivity contribution in [3.8, 4) is 0 Å². The molecule has 50 heavy (non-hydrogen) atoms. The Balaban J connectivity index is 1.13. The van der Waals surface area contributed by atoms with Crippen LogP contribution in [-0.2, 0) is 0 Å². The Bertz CT molecular complexity index is 2050. The standard InChI is InChI=1S/C48H48N2/c1-3-17-33(18-4-1)35-21-7-8-22-36(35)37-23-9-14-28-43(37)50-45-30-16-12-26-41(45)48-46(50)32-31-39-38-24-10-13-27-42(38)49(34-19-5-2-6-20-34)44-29-15-11-25-40(44)47(39)48/h5,7-9,11-15,17,19,21-22,25-29,31-32,34,37,46,48H,1-4,6,10,16,18,20,23-24,30H2. The summed E-state index contributed by atoms with van der Waals surface area (Å²) >= 11 is 0. The van der Waals surface area contributed by atoms with Crippen molar-refractivity contribution >= 4 is 16.8 Å². The molecule has 6 aliphatic carbocycles. The highest BCUT2D eigenvalue weighted by atomic mass is 15.2. The van der Waals surface area contributed by atoms with Gasteiger partial charge in [0.05, 0.1) is 12.1 Å². The molecule has 2 aromatic rings. The van der Waals surface area contributed by atoms with Crippen LogP contribution < -0.4 is 4.90 Å². The molecule has 0 radical (unpaired) electrons. The fourth-order valence-corrected chi connectivity index (χ4v) is 10.5. The molecule has 0 spiro atoms. The van der Waals surface area contributed by atoms with Crippen LogP contribution in [0.5, 0.6) is 0 Å². The van der Waals surface area contributed by atoms with Gasteiger partial charge in [0.1, 0.15) is 0 Å². The van der Waals surface area contributed by atoms with Crippen molar-refractivity contribution in [3.05, 3.63) is 172 Å². The molecule has 0 bridgehead atoms. The molecule has 0 amide bonds. The molecule has 4 unspecified atom stereocenters. The predicted octanol–water partition coefficient (Wildman–Crippen LogP) is 12.0. The Hall–Kier alpha value is -4.56. The minimum absolute atomic E-state index is 0.264. The van der Waals surface area contributed by atoms with Crippen LogP contribution >= 0.6 is 0 Å². The largest absolute Gasteiger partial charge is 0.340 e. The predicted molar refractivity (Wildman–Crippen MR) is 209 cm³/mol. The Morgan fingerprint density at radius 2 is 1.56 bits per heavy atom. The second-order valence-electron chi connectivity index (χ2n) is 15.4. The van der Waals surface area contributed by atoms with Gasteiger partial charge in [-0.05, 0) is 134 Å². The molecule has 0 aromatic heterocycles. The third-order valence-electron chi connectivity index (χ3n) is 12.6. The third kappa shape index (κ3) is 4.82. The van der Waals surface area contributed by atoms with E-state index in [4.69, 9.17) is 0 Å². The summed E-state index contributed by atoms with van der Waals surface area (Å²) in [5.74, 6) is 0.641. The Morgan fingerprint density at radius 3 is 2.46 bits per heavy atom. The monoisotopic (exact) mass is 652 g/mol. The molecule has 0 fully saturated rings. The van der Waals surface area contributed by atoms with Crippen LogP contribution in [0.15, 0.2) is 155 Å². The van der Waals surface area contributed by atoms with Crippen LogP contribution in [0.1, 0.15) is 99.7 Å². The van der Waals surface area contributed by atoms with Crippen molar-refractivity contribution in [1.82, 2.24) is 4.90 Å². The van der Waals surface area contributed by atoms with Crippen molar-refractivity contribution in [3.63, 3.8) is 0 Å². The molecular weight excluding hydrogens is 605 g/mol. The zero-order chi connectivity index (χ0) is 33.0. The molecule has 2 nitrogen and oxygen atoms in total. The average Bonchev–Trinajstić information content (AvgIpc) is 3.47. The topological polar surface area (TPSA) is 6.48 Å². The first kappa shape index (κ1) is 30.3. The van der Waals surface area contributed by atoms with E-state index < -0.39 is 0 Å². The lowest BCUT2D eigenvalue weighted by Crippen LogP contribution is -2.36. The van der Waals surface area contributed by atoms with Gasteiger partial charge in [-0.2, -0.15) is 0 Å². The quantitative estimate of drug-likeness (QED) is 0.303. The minimum atomic E-state index is 0.264. The fraction of sp³-hybridized carbons (Fsp3) is 0.333. The van der Waals surface area contributed by atoms with E-state index >= 15 is 0 Å². The number of hydrogen-bond acceptors (Lipinski definition) is 2. The van der Waals surface area contributed by atoms with Gasteiger partial charge in [0.25, 0.3) is 0 Å². The summed E-state index contributed by atoms with van der Waals surface area (Å²) in [6, 6.07) is 19.4. The second-order valence-corrected chi connectivity index (χ2v) is 15.4. The molecule has 2 heteroatoms. The lowest BCUT2D eigenvalue weighted by molar-refractivity contribution is 0.334. The molecule has 2 aromatic carbocycles. The number of rotatable bonds is 4. The van der Waals surface area contributed by atoms with Gasteiger partial charge in [-0.3, -0.25) is 0 Å². The Morgan fingerprint density at radius 1 is 0.680 bits per heavy atom. The van der Waals surface area contributed by atoms with Gasteiger partial charge in [-0.1, -0.05) is 103 Å². The van der Waals surface area contributed by atoms with Crippen molar-refractivity contribution in [2.75, 3.05) is 4.90 Å². The van der Waals surface area contributed by atoms with Gasteiger partial charge in [0, 0.05) is 40.2 Å². The van der Waals surface area contributed by atoms with E-state index in [0.717, 1.165) is 32.1 Å². The van der Waals surface area contributed by atoms with Gasteiger partial charge in [0.15, 0.2) is 0 Å². The summed E-state index contributed by atoms with van der Waals surface area (Å²) in [4.78, 5) is 5.55. The first-order valence-electron chi connectivity index (χ1n) is 19.6. The number of nitrogens with zero attached hydrogens (tertiary/aromatic N) is 2. The molecule has 0 N–H and O–H groups in total. The second kappa shape index (κ2) is 12.6. The maximum Gasteiger partial charge on any atom is 0.0630 e. The molecule has 8 aliphatic rings. The van der Waals surface area contributed by atoms with Crippen LogP contribution in [0, 0.1) is 5.92 Å². The summed E-state index contributed by atoms with van der Waals surface area (Å²) in [6.07, 6.45) is 43.8. The first-order chi connectivity index (χ1) is 24.9. The average molecular weight is 653 g/mol. The van der Waals surface area contributed by atoms with Gasteiger partial charge < -0.3 is 9.80 Å². The molecule has 4 atom stereocenters. The lowest BCUT2D eigenvalue weighted by atomic mass is 9.74. The van der Waals surface area contributed by atoms with Crippen molar-refractivity contribution in [1.29, 1.82) is 0 Å². The zero-order valence-electron chi connectivity index (χ0n) is 29.2. The van der Waals surface area contributed by atoms with Gasteiger partial charge in [0.2, 0.25) is 0 Å². The number of anilines is 1. The van der Waals surface area contributed by atoms with Crippen LogP contribution in [0.4, 0.5) is 5.69 Å².